The number of imide groups is 1. The minimum Gasteiger partial charge on any atom is -0.270 e. The molecule has 1 aromatic rings. The van der Waals surface area contributed by atoms with Gasteiger partial charge in [0.05, 0.1) is 10.7 Å². The average Bonchev–Trinajstić information content (AvgIpc) is 2.64. The summed E-state index contributed by atoms with van der Waals surface area (Å²) in [4.78, 5) is 28.5. The minimum atomic E-state index is -1.96. The highest BCUT2D eigenvalue weighted by atomic mass is 35.6. The molecule has 0 aromatic heterocycles. The van der Waals surface area contributed by atoms with Crippen molar-refractivity contribution in [3.63, 3.8) is 0 Å². The molecule has 0 saturated carbocycles. The summed E-state index contributed by atoms with van der Waals surface area (Å²) in [6, 6.07) is 3.57. The summed E-state index contributed by atoms with van der Waals surface area (Å²) >= 11 is 34.5. The predicted octanol–water partition coefficient (Wildman–Crippen LogP) is 4.38. The molecule has 1 unspecified atom stereocenters. The number of amidine groups is 1. The van der Waals surface area contributed by atoms with Crippen molar-refractivity contribution in [2.24, 2.45) is 4.99 Å². The van der Waals surface area contributed by atoms with E-state index in [1.807, 2.05) is 0 Å². The number of benzene rings is 1. The number of nitrogens with zero attached hydrogens (tertiary/aromatic N) is 2. The van der Waals surface area contributed by atoms with Crippen LogP contribution in [0.15, 0.2) is 23.2 Å². The van der Waals surface area contributed by atoms with E-state index in [0.717, 1.165) is 4.90 Å². The first-order chi connectivity index (χ1) is 10.1. The molecule has 1 atom stereocenters. The van der Waals surface area contributed by atoms with Crippen LogP contribution in [0.4, 0.5) is 10.5 Å². The fourth-order valence-corrected chi connectivity index (χ4v) is 2.32. The van der Waals surface area contributed by atoms with Gasteiger partial charge >= 0.3 is 6.03 Å². The molecule has 1 aromatic carbocycles. The summed E-state index contributed by atoms with van der Waals surface area (Å²) in [5, 5.41) is 2.54. The largest absolute Gasteiger partial charge is 0.334 e. The van der Waals surface area contributed by atoms with Crippen molar-refractivity contribution < 1.29 is 9.59 Å². The quantitative estimate of drug-likeness (QED) is 0.436. The van der Waals surface area contributed by atoms with E-state index in [2.05, 4.69) is 10.3 Å². The highest BCUT2D eigenvalue weighted by Crippen LogP contribution is 2.36. The molecule has 1 heterocycles. The molecule has 1 aliphatic heterocycles. The molecule has 0 bridgehead atoms. The number of aliphatic imine (C=N–C) groups is 1. The van der Waals surface area contributed by atoms with Crippen molar-refractivity contribution in [3.8, 4) is 0 Å². The summed E-state index contributed by atoms with van der Waals surface area (Å²) < 4.78 is -1.96. The van der Waals surface area contributed by atoms with E-state index in [9.17, 15) is 9.59 Å². The molecule has 11 heteroatoms. The lowest BCUT2D eigenvalue weighted by molar-refractivity contribution is -0.113. The molecule has 0 radical (unpaired) electrons. The van der Waals surface area contributed by atoms with Gasteiger partial charge in [-0.3, -0.25) is 10.1 Å². The number of alkyl halides is 4. The predicted molar refractivity (Wildman–Crippen MR) is 89.8 cm³/mol. The fraction of sp³-hybridized carbons (Fsp3) is 0.182. The Labute approximate surface area is 155 Å². The maximum absolute atomic E-state index is 11.9. The minimum absolute atomic E-state index is 0.130. The molecule has 1 N–H and O–H groups in total. The smallest absolute Gasteiger partial charge is 0.270 e. The van der Waals surface area contributed by atoms with Gasteiger partial charge in [0.1, 0.15) is 0 Å². The lowest BCUT2D eigenvalue weighted by atomic mass is 10.3. The summed E-state index contributed by atoms with van der Waals surface area (Å²) in [5.41, 5.74) is -1.21. The SMILES string of the molecule is O=C1NC(=O)N(c2ccc(Cl)cc2Cl)/C1=N\C(Cl)C(Cl)(Cl)Cl. The van der Waals surface area contributed by atoms with Gasteiger partial charge in [-0.2, -0.15) is 0 Å². The average molecular weight is 424 g/mol. The van der Waals surface area contributed by atoms with Crippen LogP contribution in [0.3, 0.4) is 0 Å². The van der Waals surface area contributed by atoms with E-state index >= 15 is 0 Å². The molecular weight excluding hydrogens is 419 g/mol. The number of hydrogen-bond donors (Lipinski definition) is 1. The fourth-order valence-electron chi connectivity index (χ4n) is 1.59. The number of carbonyl (C=O) groups is 2. The zero-order valence-electron chi connectivity index (χ0n) is 10.3. The Hall–Kier alpha value is -0.430. The Balaban J connectivity index is 2.49. The number of nitrogens with one attached hydrogen (secondary N) is 1. The lowest BCUT2D eigenvalue weighted by Gasteiger charge is -2.19. The third-order valence-corrected chi connectivity index (χ3v) is 4.41. The van der Waals surface area contributed by atoms with E-state index in [1.165, 1.54) is 18.2 Å². The van der Waals surface area contributed by atoms with E-state index in [4.69, 9.17) is 69.6 Å². The molecule has 118 valence electrons. The number of halogens is 6. The number of urea groups is 1. The Bertz CT molecular complexity index is 672. The van der Waals surface area contributed by atoms with Gasteiger partial charge in [-0.1, -0.05) is 69.6 Å². The third-order valence-electron chi connectivity index (χ3n) is 2.49. The monoisotopic (exact) mass is 421 g/mol. The second-order valence-electron chi connectivity index (χ2n) is 4.02. The van der Waals surface area contributed by atoms with Gasteiger partial charge in [0.2, 0.25) is 9.63 Å². The standard InChI is InChI=1S/C11H5Cl6N3O2/c12-4-1-2-6(5(13)3-4)20-7(8(21)19-10(20)22)18-9(14)11(15,16)17/h1-3,9H,(H,19,21,22)/b18-7-. The third kappa shape index (κ3) is 3.72. The molecular formula is C11H5Cl6N3O2. The van der Waals surface area contributed by atoms with Gasteiger partial charge in [0.15, 0.2) is 5.50 Å². The summed E-state index contributed by atoms with van der Waals surface area (Å²) in [5.74, 6) is -1.14. The van der Waals surface area contributed by atoms with Gasteiger partial charge in [-0.05, 0) is 18.2 Å². The van der Waals surface area contributed by atoms with Crippen molar-refractivity contribution in [2.45, 2.75) is 9.29 Å². The molecule has 5 nitrogen and oxygen atoms in total. The van der Waals surface area contributed by atoms with Crippen molar-refractivity contribution in [3.05, 3.63) is 28.2 Å². The number of carbonyl (C=O) groups excluding carboxylic acids is 2. The second-order valence-corrected chi connectivity index (χ2v) is 7.65. The molecule has 0 aliphatic carbocycles. The van der Waals surface area contributed by atoms with E-state index in [-0.39, 0.29) is 16.5 Å². The van der Waals surface area contributed by atoms with Crippen molar-refractivity contribution >= 4 is 93.1 Å². The normalized spacial score (nSPS) is 18.8. The Morgan fingerprint density at radius 3 is 2.36 bits per heavy atom. The van der Waals surface area contributed by atoms with Crippen LogP contribution in [0.5, 0.6) is 0 Å². The topological polar surface area (TPSA) is 61.8 Å². The van der Waals surface area contributed by atoms with Crippen LogP contribution in [0.1, 0.15) is 0 Å². The van der Waals surface area contributed by atoms with Gasteiger partial charge in [-0.15, -0.1) is 0 Å². The Morgan fingerprint density at radius 1 is 1.18 bits per heavy atom. The first kappa shape index (κ1) is 17.9. The molecule has 1 aliphatic rings. The summed E-state index contributed by atoms with van der Waals surface area (Å²) in [7, 11) is 0. The molecule has 22 heavy (non-hydrogen) atoms. The van der Waals surface area contributed by atoms with Crippen LogP contribution in [0.2, 0.25) is 10.0 Å². The van der Waals surface area contributed by atoms with Gasteiger partial charge in [0.25, 0.3) is 5.91 Å². The molecule has 2 rings (SSSR count). The van der Waals surface area contributed by atoms with Crippen molar-refractivity contribution in [1.82, 2.24) is 5.32 Å². The van der Waals surface area contributed by atoms with Crippen LogP contribution < -0.4 is 10.2 Å². The Morgan fingerprint density at radius 2 is 1.82 bits per heavy atom. The number of anilines is 1. The number of hydrogen-bond acceptors (Lipinski definition) is 3. The summed E-state index contributed by atoms with van der Waals surface area (Å²) in [6.07, 6.45) is 0. The van der Waals surface area contributed by atoms with Crippen LogP contribution >= 0.6 is 69.6 Å². The van der Waals surface area contributed by atoms with E-state index in [0.29, 0.717) is 5.02 Å². The van der Waals surface area contributed by atoms with Gasteiger partial charge in [-0.25, -0.2) is 14.7 Å². The van der Waals surface area contributed by atoms with Gasteiger partial charge < -0.3 is 0 Å². The van der Waals surface area contributed by atoms with Crippen LogP contribution in [0, 0.1) is 0 Å². The highest BCUT2D eigenvalue weighted by molar-refractivity contribution is 6.70. The van der Waals surface area contributed by atoms with Crippen LogP contribution in [-0.2, 0) is 4.79 Å². The van der Waals surface area contributed by atoms with Crippen molar-refractivity contribution in [1.29, 1.82) is 0 Å². The van der Waals surface area contributed by atoms with E-state index < -0.39 is 21.2 Å². The molecule has 3 amide bonds. The number of amides is 3. The maximum atomic E-state index is 11.9. The maximum Gasteiger partial charge on any atom is 0.334 e. The highest BCUT2D eigenvalue weighted by Gasteiger charge is 2.40. The first-order valence-electron chi connectivity index (χ1n) is 5.50. The second kappa shape index (κ2) is 6.59. The Kier molecular flexibility index (Phi) is 5.37. The molecule has 1 saturated heterocycles. The van der Waals surface area contributed by atoms with E-state index in [1.54, 1.807) is 0 Å². The number of rotatable bonds is 2. The molecule has 1 fully saturated rings. The van der Waals surface area contributed by atoms with Crippen LogP contribution in [-0.4, -0.2) is 27.1 Å². The lowest BCUT2D eigenvalue weighted by Crippen LogP contribution is -2.33. The zero-order valence-corrected chi connectivity index (χ0v) is 14.8. The zero-order chi connectivity index (χ0) is 16.7. The van der Waals surface area contributed by atoms with Gasteiger partial charge in [0, 0.05) is 5.02 Å². The van der Waals surface area contributed by atoms with Crippen LogP contribution in [0.25, 0.3) is 0 Å². The van der Waals surface area contributed by atoms with Crippen molar-refractivity contribution in [2.75, 3.05) is 4.90 Å². The molecule has 0 spiro atoms. The first-order valence-corrected chi connectivity index (χ1v) is 7.83. The summed E-state index contributed by atoms with van der Waals surface area (Å²) in [6.45, 7) is 0.